The van der Waals surface area contributed by atoms with E-state index in [1.807, 2.05) is 0 Å². The van der Waals surface area contributed by atoms with Crippen molar-refractivity contribution in [3.05, 3.63) is 12.7 Å². The Morgan fingerprint density at radius 2 is 2.27 bits per heavy atom. The first-order valence-corrected chi connectivity index (χ1v) is 5.56. The Labute approximate surface area is 91.7 Å². The minimum absolute atomic E-state index is 0.112. The van der Waals surface area contributed by atoms with Crippen LogP contribution in [-0.2, 0) is 4.79 Å². The number of piperazine rings is 1. The minimum Gasteiger partial charge on any atom is -0.353 e. The highest BCUT2D eigenvalue weighted by Crippen LogP contribution is 2.04. The van der Waals surface area contributed by atoms with Crippen LogP contribution in [0.2, 0.25) is 0 Å². The molecule has 0 aromatic carbocycles. The van der Waals surface area contributed by atoms with Gasteiger partial charge in [-0.2, -0.15) is 0 Å². The summed E-state index contributed by atoms with van der Waals surface area (Å²) in [6, 6.07) is 0.330. The Morgan fingerprint density at radius 3 is 2.87 bits per heavy atom. The lowest BCUT2D eigenvalue weighted by atomic mass is 10.1. The predicted molar refractivity (Wildman–Crippen MR) is 61.7 cm³/mol. The van der Waals surface area contributed by atoms with Crippen LogP contribution in [0.4, 0.5) is 0 Å². The van der Waals surface area contributed by atoms with Crippen molar-refractivity contribution < 1.29 is 4.79 Å². The first kappa shape index (κ1) is 12.2. The maximum atomic E-state index is 11.5. The summed E-state index contributed by atoms with van der Waals surface area (Å²) in [6.07, 6.45) is 2.28. The quantitative estimate of drug-likeness (QED) is 0.628. The average molecular weight is 211 g/mol. The molecule has 1 amide bonds. The zero-order chi connectivity index (χ0) is 11.1. The van der Waals surface area contributed by atoms with Crippen molar-refractivity contribution in [2.75, 3.05) is 32.7 Å². The zero-order valence-corrected chi connectivity index (χ0v) is 9.46. The van der Waals surface area contributed by atoms with Gasteiger partial charge in [-0.3, -0.25) is 9.69 Å². The van der Waals surface area contributed by atoms with Gasteiger partial charge in [0.05, 0.1) is 0 Å². The highest BCUT2D eigenvalue weighted by molar-refractivity contribution is 5.76. The van der Waals surface area contributed by atoms with Gasteiger partial charge in [-0.1, -0.05) is 6.08 Å². The summed E-state index contributed by atoms with van der Waals surface area (Å²) in [6.45, 7) is 10.4. The van der Waals surface area contributed by atoms with E-state index < -0.39 is 0 Å². The lowest BCUT2D eigenvalue weighted by Gasteiger charge is -2.32. The largest absolute Gasteiger partial charge is 0.353 e. The van der Waals surface area contributed by atoms with Crippen LogP contribution in [-0.4, -0.2) is 49.6 Å². The fraction of sp³-hybridized carbons (Fsp3) is 0.727. The van der Waals surface area contributed by atoms with Crippen molar-refractivity contribution in [3.8, 4) is 0 Å². The Balaban J connectivity index is 2.23. The number of hydrogen-bond acceptors (Lipinski definition) is 3. The topological polar surface area (TPSA) is 44.4 Å². The summed E-state index contributed by atoms with van der Waals surface area (Å²) in [5, 5.41) is 6.10. The predicted octanol–water partition coefficient (Wildman–Crippen LogP) is -0.0276. The first-order chi connectivity index (χ1) is 7.24. The molecule has 1 fully saturated rings. The van der Waals surface area contributed by atoms with Crippen molar-refractivity contribution >= 4 is 5.91 Å². The number of carbonyl (C=O) groups excluding carboxylic acids is 1. The molecular formula is C11H21N3O. The van der Waals surface area contributed by atoms with Crippen LogP contribution in [0.1, 0.15) is 13.3 Å². The van der Waals surface area contributed by atoms with E-state index >= 15 is 0 Å². The molecule has 86 valence electrons. The zero-order valence-electron chi connectivity index (χ0n) is 9.46. The number of nitrogens with one attached hydrogen (secondary N) is 2. The Hall–Kier alpha value is -0.870. The van der Waals surface area contributed by atoms with E-state index in [0.29, 0.717) is 19.0 Å². The molecule has 0 aliphatic carbocycles. The van der Waals surface area contributed by atoms with E-state index in [-0.39, 0.29) is 5.91 Å². The molecule has 4 heteroatoms. The van der Waals surface area contributed by atoms with Crippen molar-refractivity contribution in [2.45, 2.75) is 19.4 Å². The molecule has 0 saturated carbocycles. The Bertz CT molecular complexity index is 212. The highest BCUT2D eigenvalue weighted by Gasteiger charge is 2.18. The fourth-order valence-corrected chi connectivity index (χ4v) is 1.78. The average Bonchev–Trinajstić information content (AvgIpc) is 2.27. The van der Waals surface area contributed by atoms with Gasteiger partial charge in [0.15, 0.2) is 0 Å². The van der Waals surface area contributed by atoms with Crippen molar-refractivity contribution in [3.63, 3.8) is 0 Å². The van der Waals surface area contributed by atoms with Crippen LogP contribution < -0.4 is 10.6 Å². The molecule has 1 atom stereocenters. The number of hydrogen-bond donors (Lipinski definition) is 2. The number of rotatable bonds is 5. The van der Waals surface area contributed by atoms with Crippen molar-refractivity contribution in [1.29, 1.82) is 0 Å². The lowest BCUT2D eigenvalue weighted by molar-refractivity contribution is -0.122. The van der Waals surface area contributed by atoms with E-state index in [4.69, 9.17) is 0 Å². The Kier molecular flexibility index (Phi) is 5.36. The van der Waals surface area contributed by atoms with E-state index in [0.717, 1.165) is 26.2 Å². The van der Waals surface area contributed by atoms with Gasteiger partial charge >= 0.3 is 0 Å². The van der Waals surface area contributed by atoms with E-state index in [2.05, 4.69) is 29.0 Å². The standard InChI is InChI=1S/C11H21N3O/c1-3-4-13-11(15)9-10(2)14-7-5-12-6-8-14/h3,10,12H,1,4-9H2,2H3,(H,13,15). The molecule has 0 aromatic heterocycles. The van der Waals surface area contributed by atoms with Gasteiger partial charge in [0.2, 0.25) is 5.91 Å². The summed E-state index contributed by atoms with van der Waals surface area (Å²) in [5.74, 6) is 0.112. The SMILES string of the molecule is C=CCNC(=O)CC(C)N1CCNCC1. The van der Waals surface area contributed by atoms with Crippen LogP contribution in [0, 0.1) is 0 Å². The molecule has 1 heterocycles. The smallest absolute Gasteiger partial charge is 0.221 e. The number of amides is 1. The summed E-state index contributed by atoms with van der Waals surface area (Å²) < 4.78 is 0. The van der Waals surface area contributed by atoms with E-state index in [1.54, 1.807) is 6.08 Å². The molecule has 0 spiro atoms. The van der Waals surface area contributed by atoms with Crippen molar-refractivity contribution in [1.82, 2.24) is 15.5 Å². The van der Waals surface area contributed by atoms with Gasteiger partial charge in [0.1, 0.15) is 0 Å². The van der Waals surface area contributed by atoms with Crippen LogP contribution in [0.15, 0.2) is 12.7 Å². The number of carbonyl (C=O) groups is 1. The maximum Gasteiger partial charge on any atom is 0.221 e. The Morgan fingerprint density at radius 1 is 1.60 bits per heavy atom. The summed E-state index contributed by atoms with van der Waals surface area (Å²) >= 11 is 0. The molecule has 0 radical (unpaired) electrons. The lowest BCUT2D eigenvalue weighted by Crippen LogP contribution is -2.48. The van der Waals surface area contributed by atoms with E-state index in [9.17, 15) is 4.79 Å². The van der Waals surface area contributed by atoms with Crippen molar-refractivity contribution in [2.24, 2.45) is 0 Å². The summed E-state index contributed by atoms with van der Waals surface area (Å²) in [4.78, 5) is 13.8. The second-order valence-corrected chi connectivity index (χ2v) is 3.93. The molecule has 1 aliphatic heterocycles. The van der Waals surface area contributed by atoms with Crippen LogP contribution in [0.25, 0.3) is 0 Å². The first-order valence-electron chi connectivity index (χ1n) is 5.56. The molecule has 4 nitrogen and oxygen atoms in total. The fourth-order valence-electron chi connectivity index (χ4n) is 1.78. The molecular weight excluding hydrogens is 190 g/mol. The molecule has 1 saturated heterocycles. The normalized spacial score (nSPS) is 19.5. The second-order valence-electron chi connectivity index (χ2n) is 3.93. The third kappa shape index (κ3) is 4.44. The molecule has 1 rings (SSSR count). The molecule has 0 bridgehead atoms. The van der Waals surface area contributed by atoms with E-state index in [1.165, 1.54) is 0 Å². The van der Waals surface area contributed by atoms with Crippen LogP contribution in [0.3, 0.4) is 0 Å². The van der Waals surface area contributed by atoms with Crippen LogP contribution in [0.5, 0.6) is 0 Å². The third-order valence-electron chi connectivity index (χ3n) is 2.70. The van der Waals surface area contributed by atoms with Crippen LogP contribution >= 0.6 is 0 Å². The summed E-state index contributed by atoms with van der Waals surface area (Å²) in [7, 11) is 0. The van der Waals surface area contributed by atoms with Gasteiger partial charge in [-0.25, -0.2) is 0 Å². The maximum absolute atomic E-state index is 11.5. The molecule has 2 N–H and O–H groups in total. The van der Waals surface area contributed by atoms with Gasteiger partial charge in [-0.05, 0) is 6.92 Å². The summed E-state index contributed by atoms with van der Waals surface area (Å²) in [5.41, 5.74) is 0. The number of nitrogens with zero attached hydrogens (tertiary/aromatic N) is 1. The van der Waals surface area contributed by atoms with Gasteiger partial charge in [-0.15, -0.1) is 6.58 Å². The van der Waals surface area contributed by atoms with Gasteiger partial charge < -0.3 is 10.6 Å². The molecule has 15 heavy (non-hydrogen) atoms. The molecule has 1 aliphatic rings. The highest BCUT2D eigenvalue weighted by atomic mass is 16.1. The molecule has 1 unspecified atom stereocenters. The minimum atomic E-state index is 0.112. The van der Waals surface area contributed by atoms with Gasteiger partial charge in [0.25, 0.3) is 0 Å². The molecule has 0 aromatic rings. The monoisotopic (exact) mass is 211 g/mol. The van der Waals surface area contributed by atoms with Gasteiger partial charge in [0, 0.05) is 45.2 Å². The third-order valence-corrected chi connectivity index (χ3v) is 2.70. The second kappa shape index (κ2) is 6.58.